The summed E-state index contributed by atoms with van der Waals surface area (Å²) in [6.07, 6.45) is -1.98. The molecule has 3 aromatic rings. The summed E-state index contributed by atoms with van der Waals surface area (Å²) in [4.78, 5) is 15.7. The molecule has 1 aliphatic carbocycles. The Balaban J connectivity index is 1.49. The van der Waals surface area contributed by atoms with E-state index in [9.17, 15) is 23.3 Å². The number of aromatic nitrogens is 1. The zero-order valence-corrected chi connectivity index (χ0v) is 22.1. The fourth-order valence-corrected chi connectivity index (χ4v) is 5.13. The summed E-state index contributed by atoms with van der Waals surface area (Å²) in [7, 11) is 0. The lowest BCUT2D eigenvalue weighted by atomic mass is 9.78. The third-order valence-corrected chi connectivity index (χ3v) is 7.67. The smallest absolute Gasteiger partial charge is 0.391 e. The molecule has 1 unspecified atom stereocenters. The Labute approximate surface area is 225 Å². The minimum atomic E-state index is -4.10. The number of nitro groups is 1. The molecule has 0 aliphatic heterocycles. The number of pyridine rings is 1. The van der Waals surface area contributed by atoms with Gasteiger partial charge < -0.3 is 4.74 Å². The molecule has 0 saturated heterocycles. The van der Waals surface area contributed by atoms with Crippen molar-refractivity contribution < 1.29 is 22.8 Å². The van der Waals surface area contributed by atoms with Crippen LogP contribution >= 0.6 is 11.6 Å². The molecule has 1 fully saturated rings. The minimum Gasteiger partial charge on any atom is -0.488 e. The fourth-order valence-electron chi connectivity index (χ4n) is 4.96. The summed E-state index contributed by atoms with van der Waals surface area (Å²) >= 11 is 6.27. The first-order valence-electron chi connectivity index (χ1n) is 12.8. The van der Waals surface area contributed by atoms with Crippen LogP contribution in [0.1, 0.15) is 74.6 Å². The second kappa shape index (κ2) is 11.7. The molecule has 202 valence electrons. The van der Waals surface area contributed by atoms with Crippen LogP contribution in [0.2, 0.25) is 5.02 Å². The third-order valence-electron chi connectivity index (χ3n) is 7.43. The summed E-state index contributed by atoms with van der Waals surface area (Å²) in [5, 5.41) is 12.0. The molecule has 1 saturated carbocycles. The molecule has 1 heterocycles. The predicted molar refractivity (Wildman–Crippen MR) is 142 cm³/mol. The Morgan fingerprint density at radius 3 is 2.37 bits per heavy atom. The second-order valence-corrected chi connectivity index (χ2v) is 10.4. The molecule has 9 heteroatoms. The molecule has 4 rings (SSSR count). The van der Waals surface area contributed by atoms with Gasteiger partial charge in [0.15, 0.2) is 0 Å². The number of halogens is 4. The van der Waals surface area contributed by atoms with E-state index in [-0.39, 0.29) is 37.0 Å². The normalized spacial score (nSPS) is 18.7. The van der Waals surface area contributed by atoms with Gasteiger partial charge in [0, 0.05) is 22.6 Å². The fraction of sp³-hybridized carbons (Fsp3) is 0.414. The van der Waals surface area contributed by atoms with Gasteiger partial charge in [-0.05, 0) is 73.4 Å². The van der Waals surface area contributed by atoms with Gasteiger partial charge in [0.1, 0.15) is 18.1 Å². The highest BCUT2D eigenvalue weighted by Gasteiger charge is 2.41. The molecular formula is C29H30ClF3N2O3. The largest absolute Gasteiger partial charge is 0.488 e. The van der Waals surface area contributed by atoms with E-state index in [4.69, 9.17) is 16.3 Å². The van der Waals surface area contributed by atoms with Crippen molar-refractivity contribution in [2.75, 3.05) is 0 Å². The topological polar surface area (TPSA) is 65.3 Å². The van der Waals surface area contributed by atoms with Gasteiger partial charge in [0.25, 0.3) is 5.69 Å². The molecule has 1 atom stereocenters. The van der Waals surface area contributed by atoms with Gasteiger partial charge in [0.2, 0.25) is 0 Å². The lowest BCUT2D eigenvalue weighted by Crippen LogP contribution is -2.27. The molecule has 0 bridgehead atoms. The zero-order valence-electron chi connectivity index (χ0n) is 21.3. The van der Waals surface area contributed by atoms with E-state index in [1.807, 2.05) is 38.1 Å². The number of benzene rings is 2. The molecule has 38 heavy (non-hydrogen) atoms. The van der Waals surface area contributed by atoms with Crippen LogP contribution in [-0.2, 0) is 6.61 Å². The average molecular weight is 547 g/mol. The molecule has 0 spiro atoms. The van der Waals surface area contributed by atoms with E-state index in [1.165, 1.54) is 6.07 Å². The molecule has 0 N–H and O–H groups in total. The summed E-state index contributed by atoms with van der Waals surface area (Å²) in [5.41, 5.74) is 3.54. The van der Waals surface area contributed by atoms with E-state index in [2.05, 4.69) is 4.98 Å². The number of rotatable bonds is 8. The summed E-state index contributed by atoms with van der Waals surface area (Å²) in [6, 6.07) is 16.1. The summed E-state index contributed by atoms with van der Waals surface area (Å²) in [5.74, 6) is -0.604. The highest BCUT2D eigenvalue weighted by atomic mass is 35.5. The zero-order chi connectivity index (χ0) is 27.4. The van der Waals surface area contributed by atoms with E-state index >= 15 is 0 Å². The van der Waals surface area contributed by atoms with Crippen LogP contribution in [0.4, 0.5) is 18.9 Å². The molecule has 1 aliphatic rings. The summed E-state index contributed by atoms with van der Waals surface area (Å²) < 4.78 is 45.0. The van der Waals surface area contributed by atoms with E-state index < -0.39 is 17.0 Å². The van der Waals surface area contributed by atoms with Gasteiger partial charge in [0.05, 0.1) is 16.5 Å². The average Bonchev–Trinajstić information content (AvgIpc) is 2.91. The van der Waals surface area contributed by atoms with Crippen LogP contribution in [0.15, 0.2) is 54.6 Å². The monoisotopic (exact) mass is 546 g/mol. The quantitative estimate of drug-likeness (QED) is 0.208. The van der Waals surface area contributed by atoms with Gasteiger partial charge in [-0.1, -0.05) is 49.7 Å². The Hall–Kier alpha value is -3.13. The standard InChI is InChI=1S/C29H30ClF3N2O3/c1-3-18(2)28-26(35(36)37)14-13-25(34-28)24-16-23(30)12-15-27(24)38-17-19-4-6-20(7-5-19)21-8-10-22(11-9-21)29(31,32)33/h4-7,12-16,18,21-22H,3,8-11,17H2,1-2H3. The molecule has 1 aromatic heterocycles. The van der Waals surface area contributed by atoms with Gasteiger partial charge in [-0.15, -0.1) is 0 Å². The van der Waals surface area contributed by atoms with Crippen LogP contribution in [-0.4, -0.2) is 16.1 Å². The first kappa shape index (κ1) is 27.9. The number of alkyl halides is 3. The lowest BCUT2D eigenvalue weighted by molar-refractivity contribution is -0.386. The van der Waals surface area contributed by atoms with Crippen LogP contribution < -0.4 is 4.74 Å². The Morgan fingerprint density at radius 2 is 1.76 bits per heavy atom. The van der Waals surface area contributed by atoms with Crippen molar-refractivity contribution in [2.24, 2.45) is 5.92 Å². The Kier molecular flexibility index (Phi) is 8.61. The first-order chi connectivity index (χ1) is 18.1. The second-order valence-electron chi connectivity index (χ2n) is 9.93. The number of hydrogen-bond acceptors (Lipinski definition) is 4. The van der Waals surface area contributed by atoms with E-state index in [1.54, 1.807) is 24.3 Å². The van der Waals surface area contributed by atoms with Crippen molar-refractivity contribution in [2.45, 2.75) is 70.6 Å². The minimum absolute atomic E-state index is 0.0143. The van der Waals surface area contributed by atoms with Crippen molar-refractivity contribution in [1.29, 1.82) is 0 Å². The van der Waals surface area contributed by atoms with Crippen molar-refractivity contribution in [3.8, 4) is 17.0 Å². The highest BCUT2D eigenvalue weighted by Crippen LogP contribution is 2.43. The van der Waals surface area contributed by atoms with E-state index in [0.717, 1.165) is 11.1 Å². The van der Waals surface area contributed by atoms with Crippen LogP contribution in [0.25, 0.3) is 11.3 Å². The van der Waals surface area contributed by atoms with Crippen LogP contribution in [0.5, 0.6) is 5.75 Å². The van der Waals surface area contributed by atoms with Gasteiger partial charge >= 0.3 is 6.18 Å². The van der Waals surface area contributed by atoms with Crippen molar-refractivity contribution in [3.05, 3.63) is 86.6 Å². The van der Waals surface area contributed by atoms with Crippen molar-refractivity contribution in [1.82, 2.24) is 4.98 Å². The molecule has 0 radical (unpaired) electrons. The first-order valence-corrected chi connectivity index (χ1v) is 13.2. The molecule has 2 aromatic carbocycles. The maximum Gasteiger partial charge on any atom is 0.391 e. The summed E-state index contributed by atoms with van der Waals surface area (Å²) in [6.45, 7) is 4.12. The van der Waals surface area contributed by atoms with Crippen LogP contribution in [0, 0.1) is 16.0 Å². The van der Waals surface area contributed by atoms with Gasteiger partial charge in [-0.3, -0.25) is 10.1 Å². The van der Waals surface area contributed by atoms with Crippen LogP contribution in [0.3, 0.4) is 0 Å². The molecular weight excluding hydrogens is 517 g/mol. The molecule has 0 amide bonds. The number of hydrogen-bond donors (Lipinski definition) is 0. The number of nitrogens with zero attached hydrogens (tertiary/aromatic N) is 2. The third kappa shape index (κ3) is 6.46. The SMILES string of the molecule is CCC(C)c1nc(-c2cc(Cl)ccc2OCc2ccc(C3CCC(C(F)(F)F)CC3)cc2)ccc1[N+](=O)[O-]. The van der Waals surface area contributed by atoms with Gasteiger partial charge in [-0.2, -0.15) is 13.2 Å². The highest BCUT2D eigenvalue weighted by molar-refractivity contribution is 6.31. The number of ether oxygens (including phenoxy) is 1. The Bertz CT molecular complexity index is 1270. The molecule has 5 nitrogen and oxygen atoms in total. The predicted octanol–water partition coefficient (Wildman–Crippen LogP) is 9.24. The van der Waals surface area contributed by atoms with Gasteiger partial charge in [-0.25, -0.2) is 4.98 Å². The van der Waals surface area contributed by atoms with Crippen molar-refractivity contribution in [3.63, 3.8) is 0 Å². The van der Waals surface area contributed by atoms with E-state index in [0.29, 0.717) is 47.0 Å². The lowest BCUT2D eigenvalue weighted by Gasteiger charge is -2.30. The Morgan fingerprint density at radius 1 is 1.08 bits per heavy atom. The van der Waals surface area contributed by atoms with Crippen molar-refractivity contribution >= 4 is 17.3 Å². The maximum atomic E-state index is 13.0. The maximum absolute atomic E-state index is 13.0.